The Morgan fingerprint density at radius 2 is 2.05 bits per heavy atom. The highest BCUT2D eigenvalue weighted by molar-refractivity contribution is 5.43. The Labute approximate surface area is 121 Å². The summed E-state index contributed by atoms with van der Waals surface area (Å²) in [6.07, 6.45) is 4.49. The number of aryl methyl sites for hydroxylation is 2. The molecule has 3 rings (SSSR count). The second-order valence-electron chi connectivity index (χ2n) is 5.70. The first-order valence-electron chi connectivity index (χ1n) is 7.69. The summed E-state index contributed by atoms with van der Waals surface area (Å²) in [6, 6.07) is 6.90. The minimum atomic E-state index is 0.0742. The van der Waals surface area contributed by atoms with E-state index < -0.39 is 0 Å². The van der Waals surface area contributed by atoms with Crippen molar-refractivity contribution in [2.75, 3.05) is 31.1 Å². The Kier molecular flexibility index (Phi) is 3.88. The number of piperazine rings is 1. The summed E-state index contributed by atoms with van der Waals surface area (Å²) >= 11 is 0. The van der Waals surface area contributed by atoms with Gasteiger partial charge in [0.25, 0.3) is 0 Å². The van der Waals surface area contributed by atoms with Gasteiger partial charge in [-0.2, -0.15) is 5.26 Å². The van der Waals surface area contributed by atoms with E-state index in [-0.39, 0.29) is 6.04 Å². The van der Waals surface area contributed by atoms with E-state index in [9.17, 15) is 0 Å². The number of fused-ring (bicyclic) bond motifs is 1. The van der Waals surface area contributed by atoms with Crippen LogP contribution in [0.3, 0.4) is 0 Å². The van der Waals surface area contributed by atoms with Gasteiger partial charge in [0, 0.05) is 31.9 Å². The van der Waals surface area contributed by atoms with Crippen molar-refractivity contribution in [1.29, 1.82) is 5.26 Å². The first-order chi connectivity index (χ1) is 9.81. The molecule has 0 amide bonds. The van der Waals surface area contributed by atoms with Crippen LogP contribution in [-0.2, 0) is 12.8 Å². The van der Waals surface area contributed by atoms with Gasteiger partial charge in [-0.05, 0) is 37.3 Å². The summed E-state index contributed by atoms with van der Waals surface area (Å²) in [5.41, 5.74) is 2.73. The zero-order valence-corrected chi connectivity index (χ0v) is 12.2. The van der Waals surface area contributed by atoms with Crippen LogP contribution in [0.15, 0.2) is 12.1 Å². The fourth-order valence-corrected chi connectivity index (χ4v) is 3.28. The number of hydrogen-bond acceptors (Lipinski definition) is 4. The highest BCUT2D eigenvalue weighted by Crippen LogP contribution is 2.24. The smallest absolute Gasteiger partial charge is 0.128 e. The number of nitrogens with zero attached hydrogens (tertiary/aromatic N) is 4. The molecule has 2 heterocycles. The van der Waals surface area contributed by atoms with Gasteiger partial charge in [0.15, 0.2) is 0 Å². The van der Waals surface area contributed by atoms with Crippen LogP contribution in [0.5, 0.6) is 0 Å². The molecule has 1 unspecified atom stereocenters. The van der Waals surface area contributed by atoms with Gasteiger partial charge < -0.3 is 4.90 Å². The van der Waals surface area contributed by atoms with Crippen LogP contribution in [-0.4, -0.2) is 42.1 Å². The third-order valence-electron chi connectivity index (χ3n) is 4.53. The molecule has 0 aromatic carbocycles. The third kappa shape index (κ3) is 2.51. The Bertz CT molecular complexity index is 512. The predicted octanol–water partition coefficient (Wildman–Crippen LogP) is 1.99. The Hall–Kier alpha value is -1.60. The number of rotatable bonds is 3. The van der Waals surface area contributed by atoms with Crippen LogP contribution < -0.4 is 4.90 Å². The molecular formula is C16H22N4. The monoisotopic (exact) mass is 270 g/mol. The summed E-state index contributed by atoms with van der Waals surface area (Å²) in [5.74, 6) is 1.12. The molecule has 4 nitrogen and oxygen atoms in total. The van der Waals surface area contributed by atoms with Gasteiger partial charge in [-0.25, -0.2) is 4.98 Å². The predicted molar refractivity (Wildman–Crippen MR) is 79.7 cm³/mol. The first-order valence-corrected chi connectivity index (χ1v) is 7.69. The molecule has 0 N–H and O–H groups in total. The Balaban J connectivity index is 1.65. The van der Waals surface area contributed by atoms with Crippen molar-refractivity contribution in [3.8, 4) is 6.07 Å². The molecule has 2 aliphatic rings. The maximum absolute atomic E-state index is 9.15. The van der Waals surface area contributed by atoms with Gasteiger partial charge in [-0.3, -0.25) is 4.90 Å². The van der Waals surface area contributed by atoms with Crippen molar-refractivity contribution in [3.05, 3.63) is 23.4 Å². The van der Waals surface area contributed by atoms with Gasteiger partial charge in [-0.15, -0.1) is 0 Å². The molecular weight excluding hydrogens is 248 g/mol. The van der Waals surface area contributed by atoms with Crippen LogP contribution in [0.1, 0.15) is 31.0 Å². The minimum absolute atomic E-state index is 0.0742. The number of nitriles is 1. The molecule has 1 atom stereocenters. The van der Waals surface area contributed by atoms with Crippen LogP contribution in [0.4, 0.5) is 5.82 Å². The molecule has 1 aromatic heterocycles. The Morgan fingerprint density at radius 3 is 2.75 bits per heavy atom. The largest absolute Gasteiger partial charge is 0.354 e. The number of aromatic nitrogens is 1. The molecule has 0 radical (unpaired) electrons. The van der Waals surface area contributed by atoms with E-state index in [2.05, 4.69) is 34.9 Å². The normalized spacial score (nSPS) is 20.5. The van der Waals surface area contributed by atoms with Crippen molar-refractivity contribution in [2.45, 2.75) is 38.6 Å². The molecule has 1 aliphatic heterocycles. The Morgan fingerprint density at radius 1 is 1.25 bits per heavy atom. The maximum Gasteiger partial charge on any atom is 0.128 e. The van der Waals surface area contributed by atoms with Crippen LogP contribution in [0, 0.1) is 11.3 Å². The maximum atomic E-state index is 9.15. The van der Waals surface area contributed by atoms with E-state index in [1.807, 2.05) is 0 Å². The SMILES string of the molecule is CCC(C#N)N1CCN(c2ccc3c(n2)CCC3)CC1. The lowest BCUT2D eigenvalue weighted by Gasteiger charge is -2.37. The zero-order chi connectivity index (χ0) is 13.9. The summed E-state index contributed by atoms with van der Waals surface area (Å²) < 4.78 is 0. The molecule has 20 heavy (non-hydrogen) atoms. The highest BCUT2D eigenvalue weighted by Gasteiger charge is 2.24. The summed E-state index contributed by atoms with van der Waals surface area (Å²) in [7, 11) is 0. The molecule has 0 spiro atoms. The van der Waals surface area contributed by atoms with E-state index in [1.165, 1.54) is 24.1 Å². The molecule has 106 valence electrons. The molecule has 1 saturated heterocycles. The lowest BCUT2D eigenvalue weighted by molar-refractivity contribution is 0.216. The van der Waals surface area contributed by atoms with E-state index in [0.29, 0.717) is 0 Å². The van der Waals surface area contributed by atoms with Gasteiger partial charge >= 0.3 is 0 Å². The van der Waals surface area contributed by atoms with Gasteiger partial charge in [0.1, 0.15) is 5.82 Å². The van der Waals surface area contributed by atoms with Crippen LogP contribution in [0.25, 0.3) is 0 Å². The molecule has 0 bridgehead atoms. The number of pyridine rings is 1. The molecule has 1 fully saturated rings. The van der Waals surface area contributed by atoms with E-state index in [4.69, 9.17) is 10.2 Å². The fourth-order valence-electron chi connectivity index (χ4n) is 3.28. The molecule has 4 heteroatoms. The summed E-state index contributed by atoms with van der Waals surface area (Å²) in [6.45, 7) is 5.96. The zero-order valence-electron chi connectivity index (χ0n) is 12.2. The first kappa shape index (κ1) is 13.4. The van der Waals surface area contributed by atoms with Crippen molar-refractivity contribution in [3.63, 3.8) is 0 Å². The van der Waals surface area contributed by atoms with Crippen molar-refractivity contribution in [2.24, 2.45) is 0 Å². The van der Waals surface area contributed by atoms with E-state index in [1.54, 1.807) is 0 Å². The number of hydrogen-bond donors (Lipinski definition) is 0. The van der Waals surface area contributed by atoms with Gasteiger partial charge in [0.2, 0.25) is 0 Å². The quantitative estimate of drug-likeness (QED) is 0.842. The van der Waals surface area contributed by atoms with Crippen molar-refractivity contribution >= 4 is 5.82 Å². The average Bonchev–Trinajstić information content (AvgIpc) is 2.96. The van der Waals surface area contributed by atoms with E-state index >= 15 is 0 Å². The van der Waals surface area contributed by atoms with Gasteiger partial charge in [0.05, 0.1) is 12.1 Å². The summed E-state index contributed by atoms with van der Waals surface area (Å²) in [4.78, 5) is 9.49. The number of anilines is 1. The lowest BCUT2D eigenvalue weighted by Crippen LogP contribution is -2.50. The van der Waals surface area contributed by atoms with Crippen molar-refractivity contribution < 1.29 is 0 Å². The van der Waals surface area contributed by atoms with E-state index in [0.717, 1.165) is 44.8 Å². The standard InChI is InChI=1S/C16H22N4/c1-2-14(12-17)19-8-10-20(11-9-19)16-7-6-13-4-3-5-15(13)18-16/h6-7,14H,2-5,8-11H2,1H3. The van der Waals surface area contributed by atoms with Crippen LogP contribution in [0.2, 0.25) is 0 Å². The molecule has 0 saturated carbocycles. The fraction of sp³-hybridized carbons (Fsp3) is 0.625. The second-order valence-corrected chi connectivity index (χ2v) is 5.70. The second kappa shape index (κ2) is 5.80. The minimum Gasteiger partial charge on any atom is -0.354 e. The van der Waals surface area contributed by atoms with Crippen molar-refractivity contribution in [1.82, 2.24) is 9.88 Å². The summed E-state index contributed by atoms with van der Waals surface area (Å²) in [5, 5.41) is 9.15. The average molecular weight is 270 g/mol. The molecule has 1 aliphatic carbocycles. The highest BCUT2D eigenvalue weighted by atomic mass is 15.3. The topological polar surface area (TPSA) is 43.2 Å². The van der Waals surface area contributed by atoms with Crippen LogP contribution >= 0.6 is 0 Å². The molecule has 1 aromatic rings. The van der Waals surface area contributed by atoms with Gasteiger partial charge in [-0.1, -0.05) is 13.0 Å². The third-order valence-corrected chi connectivity index (χ3v) is 4.53. The lowest BCUT2D eigenvalue weighted by atomic mass is 10.1.